The van der Waals surface area contributed by atoms with E-state index in [0.29, 0.717) is 16.7 Å². The van der Waals surface area contributed by atoms with Gasteiger partial charge >= 0.3 is 20.0 Å². The fourth-order valence-electron chi connectivity index (χ4n) is 9.46. The number of fused-ring (bicyclic) bond motifs is 2. The second kappa shape index (κ2) is 23.6. The first-order valence-corrected chi connectivity index (χ1v) is 25.5. The maximum Gasteiger partial charge on any atom is 0.475 e. The Morgan fingerprint density at radius 3 is 1.56 bits per heavy atom. The highest BCUT2D eigenvalue weighted by Crippen LogP contribution is 2.52. The van der Waals surface area contributed by atoms with E-state index in [1.807, 2.05) is 72.8 Å². The first kappa shape index (κ1) is 52.8. The summed E-state index contributed by atoms with van der Waals surface area (Å²) >= 11 is 0. The Kier molecular flexibility index (Phi) is 17.3. The molecule has 2 amide bonds. The minimum Gasteiger partial charge on any atom is -0.445 e. The van der Waals surface area contributed by atoms with Crippen LogP contribution in [0, 0.1) is 5.92 Å². The van der Waals surface area contributed by atoms with Gasteiger partial charge < -0.3 is 53.9 Å². The topological polar surface area (TPSA) is 212 Å². The molecule has 72 heavy (non-hydrogen) atoms. The Bertz CT molecular complexity index is 2520. The molecule has 1 saturated carbocycles. The predicted octanol–water partition coefficient (Wildman–Crippen LogP) is 7.62. The largest absolute Gasteiger partial charge is 0.475 e. The number of amides is 2. The van der Waals surface area contributed by atoms with Crippen LogP contribution in [-0.2, 0) is 81.4 Å². The molecule has 17 nitrogen and oxygen atoms in total. The molecule has 0 unspecified atom stereocenters. The number of phosphoric acid groups is 1. The third-order valence-corrected chi connectivity index (χ3v) is 14.7. The number of benzene rings is 5. The quantitative estimate of drug-likeness (QED) is 0.0586. The molecule has 4 N–H and O–H groups in total. The molecular formula is C54H63N2O15P. The summed E-state index contributed by atoms with van der Waals surface area (Å²) in [7, 11) is -2.70. The highest BCUT2D eigenvalue weighted by Gasteiger charge is 2.69. The van der Waals surface area contributed by atoms with Gasteiger partial charge in [0.15, 0.2) is 0 Å². The molecule has 384 valence electrons. The Hall–Kier alpha value is -5.53. The second-order valence-corrected chi connectivity index (χ2v) is 20.2. The van der Waals surface area contributed by atoms with Gasteiger partial charge in [0.1, 0.15) is 31.0 Å². The molecule has 8 rings (SSSR count). The fourth-order valence-corrected chi connectivity index (χ4v) is 10.6. The molecule has 18 heteroatoms. The Labute approximate surface area is 419 Å². The minimum atomic E-state index is -4.11. The summed E-state index contributed by atoms with van der Waals surface area (Å²) in [5, 5.41) is 49.1. The first-order chi connectivity index (χ1) is 34.7. The molecule has 0 spiro atoms. The summed E-state index contributed by atoms with van der Waals surface area (Å²) in [4.78, 5) is 30.3. The van der Waals surface area contributed by atoms with Crippen molar-refractivity contribution in [2.75, 3.05) is 13.6 Å². The van der Waals surface area contributed by atoms with Crippen LogP contribution in [0.1, 0.15) is 60.1 Å². The zero-order chi connectivity index (χ0) is 50.9. The molecule has 2 heterocycles. The average Bonchev–Trinajstić information content (AvgIpc) is 3.39. The number of hydrogen-bond acceptors (Lipinski definition) is 15. The van der Waals surface area contributed by atoms with Crippen LogP contribution < -0.4 is 0 Å². The monoisotopic (exact) mass is 1010 g/mol. The highest BCUT2D eigenvalue weighted by atomic mass is 31.2. The molecule has 10 atom stereocenters. The lowest BCUT2D eigenvalue weighted by atomic mass is 9.73. The maximum atomic E-state index is 14.3. The van der Waals surface area contributed by atoms with Crippen LogP contribution in [0.5, 0.6) is 0 Å². The van der Waals surface area contributed by atoms with Crippen LogP contribution in [0.2, 0.25) is 0 Å². The number of aliphatic hydroxyl groups is 4. The fraction of sp³-hybridized carbons (Fsp3) is 0.407. The summed E-state index contributed by atoms with van der Waals surface area (Å²) < 4.78 is 61.8. The molecule has 0 aromatic heterocycles. The lowest BCUT2D eigenvalue weighted by Gasteiger charge is -2.61. The number of nitrogens with zero attached hydrogens (tertiary/aromatic N) is 2. The molecule has 3 fully saturated rings. The number of ether oxygens (including phenoxy) is 5. The summed E-state index contributed by atoms with van der Waals surface area (Å²) in [6.07, 6.45) is -9.54. The second-order valence-electron chi connectivity index (χ2n) is 18.5. The molecule has 0 radical (unpaired) electrons. The van der Waals surface area contributed by atoms with Crippen molar-refractivity contribution in [3.63, 3.8) is 0 Å². The molecule has 2 saturated heterocycles. The predicted molar refractivity (Wildman–Crippen MR) is 261 cm³/mol. The summed E-state index contributed by atoms with van der Waals surface area (Å²) in [5.41, 5.74) is 1.82. The molecule has 2 aliphatic heterocycles. The smallest absolute Gasteiger partial charge is 0.445 e. The normalized spacial score (nSPS) is 26.9. The molecule has 5 aromatic carbocycles. The van der Waals surface area contributed by atoms with Gasteiger partial charge in [-0.25, -0.2) is 14.2 Å². The van der Waals surface area contributed by atoms with E-state index in [1.54, 1.807) is 86.6 Å². The van der Waals surface area contributed by atoms with Crippen molar-refractivity contribution in [3.05, 3.63) is 179 Å². The van der Waals surface area contributed by atoms with Crippen molar-refractivity contribution in [1.82, 2.24) is 9.80 Å². The van der Waals surface area contributed by atoms with Crippen molar-refractivity contribution < 1.29 is 71.8 Å². The number of phosphoric ester groups is 1. The van der Waals surface area contributed by atoms with Crippen molar-refractivity contribution in [1.29, 1.82) is 0 Å². The number of aliphatic hydroxyl groups excluding tert-OH is 2. The Morgan fingerprint density at radius 2 is 1.07 bits per heavy atom. The number of carbonyl (C=O) groups excluding carboxylic acids is 2. The van der Waals surface area contributed by atoms with Crippen molar-refractivity contribution in [2.45, 2.75) is 121 Å². The van der Waals surface area contributed by atoms with Crippen LogP contribution in [0.25, 0.3) is 0 Å². The summed E-state index contributed by atoms with van der Waals surface area (Å²) in [5.74, 6) is -3.54. The van der Waals surface area contributed by atoms with E-state index in [9.17, 15) is 34.6 Å². The minimum absolute atomic E-state index is 0.0156. The van der Waals surface area contributed by atoms with Gasteiger partial charge in [-0.15, -0.1) is 0 Å². The average molecular weight is 1010 g/mol. The third kappa shape index (κ3) is 12.4. The molecular weight excluding hydrogens is 948 g/mol. The van der Waals surface area contributed by atoms with Crippen LogP contribution in [0.4, 0.5) is 9.59 Å². The molecule has 0 bridgehead atoms. The number of rotatable bonds is 19. The van der Waals surface area contributed by atoms with Gasteiger partial charge in [-0.2, -0.15) is 0 Å². The van der Waals surface area contributed by atoms with Crippen LogP contribution in [0.3, 0.4) is 0 Å². The first-order valence-electron chi connectivity index (χ1n) is 24.1. The SMILES string of the molecule is CC[C@H]1[C@H](O)[C@H]2O[C@@H]3O[C@H](C)C[C@@](O)(CN(Cc4ccc(COP(=O)(OCc5ccccc5)OCc5ccccc5)cc4)C(=O)OCc4ccccc4)[C@]3(O)O[C@@H]2[C@@H](N(C)C(=O)OCc2ccccc2)[C@H]1O. The van der Waals surface area contributed by atoms with E-state index < -0.39 is 86.7 Å². The van der Waals surface area contributed by atoms with Crippen LogP contribution >= 0.6 is 7.82 Å². The van der Waals surface area contributed by atoms with Crippen molar-refractivity contribution in [3.8, 4) is 0 Å². The Balaban J connectivity index is 1.02. The molecule has 5 aromatic rings. The van der Waals surface area contributed by atoms with E-state index in [2.05, 4.69) is 0 Å². The number of hydrogen-bond donors (Lipinski definition) is 4. The van der Waals surface area contributed by atoms with E-state index in [-0.39, 0.29) is 52.4 Å². The third-order valence-electron chi connectivity index (χ3n) is 13.4. The van der Waals surface area contributed by atoms with Crippen LogP contribution in [-0.4, -0.2) is 110 Å². The number of likely N-dealkylation sites (N-methyl/N-ethyl adjacent to an activating group) is 1. The van der Waals surface area contributed by atoms with Gasteiger partial charge in [-0.05, 0) is 46.7 Å². The van der Waals surface area contributed by atoms with Gasteiger partial charge in [0.2, 0.25) is 12.1 Å². The van der Waals surface area contributed by atoms with Gasteiger partial charge in [0.25, 0.3) is 0 Å². The zero-order valence-electron chi connectivity index (χ0n) is 40.5. The maximum absolute atomic E-state index is 14.3. The molecule has 1 aliphatic carbocycles. The van der Waals surface area contributed by atoms with E-state index >= 15 is 0 Å². The lowest BCUT2D eigenvalue weighted by Crippen LogP contribution is -2.80. The highest BCUT2D eigenvalue weighted by molar-refractivity contribution is 7.48. The lowest BCUT2D eigenvalue weighted by molar-refractivity contribution is -0.486. The molecule has 3 aliphatic rings. The zero-order valence-corrected chi connectivity index (χ0v) is 41.4. The van der Waals surface area contributed by atoms with Gasteiger partial charge in [-0.1, -0.05) is 153 Å². The summed E-state index contributed by atoms with van der Waals surface area (Å²) in [6, 6.07) is 42.2. The van der Waals surface area contributed by atoms with E-state index in [1.165, 1.54) is 11.9 Å². The summed E-state index contributed by atoms with van der Waals surface area (Å²) in [6.45, 7) is 2.34. The standard InChI is InChI=1S/C54H63N2O15P/c1-4-44-46(57)45(55(3)51(59)64-31-39-17-9-5-10-18-39)48-49(47(44)58)70-50-54(62,71-48)53(61,29-37(2)69-50)36-56(52(60)65-32-40-19-11-6-12-20-40)30-38-25-27-43(28-26-38)35-68-72(63,66-33-41-21-13-7-14-22-41)67-34-42-23-15-8-16-24-42/h5-28,37,44-50,57-58,61-62H,4,29-36H2,1-3H3/t37-,44-,45+,46+,47+,48-,49-,50+,53-,54-/m1/s1. The van der Waals surface area contributed by atoms with E-state index in [4.69, 9.17) is 37.3 Å². The van der Waals surface area contributed by atoms with Crippen LogP contribution in [0.15, 0.2) is 146 Å². The van der Waals surface area contributed by atoms with Crippen molar-refractivity contribution >= 4 is 20.0 Å². The van der Waals surface area contributed by atoms with Gasteiger partial charge in [-0.3, -0.25) is 13.6 Å². The van der Waals surface area contributed by atoms with E-state index in [0.717, 1.165) is 21.6 Å². The number of carbonyl (C=O) groups is 2. The van der Waals surface area contributed by atoms with Gasteiger partial charge in [0, 0.05) is 25.9 Å². The van der Waals surface area contributed by atoms with Gasteiger partial charge in [0.05, 0.1) is 50.7 Å². The Morgan fingerprint density at radius 1 is 0.625 bits per heavy atom. The van der Waals surface area contributed by atoms with Crippen molar-refractivity contribution in [2.24, 2.45) is 5.92 Å².